The molecule has 3 heterocycles. The zero-order chi connectivity index (χ0) is 20.3. The van der Waals surface area contributed by atoms with Crippen LogP contribution in [0.2, 0.25) is 0 Å². The molecule has 0 spiro atoms. The van der Waals surface area contributed by atoms with Crippen molar-refractivity contribution >= 4 is 0 Å². The fraction of sp³-hybridized carbons (Fsp3) is 0.375. The van der Waals surface area contributed by atoms with Gasteiger partial charge in [-0.25, -0.2) is 9.97 Å². The van der Waals surface area contributed by atoms with E-state index in [2.05, 4.69) is 20.9 Å². The number of aromatic nitrogens is 3. The van der Waals surface area contributed by atoms with Gasteiger partial charge >= 0.3 is 0 Å². The van der Waals surface area contributed by atoms with Gasteiger partial charge in [-0.15, -0.1) is 0 Å². The van der Waals surface area contributed by atoms with Crippen molar-refractivity contribution in [1.29, 1.82) is 0 Å². The number of nitrogens with one attached hydrogen (secondary N) is 1. The Morgan fingerprint density at radius 3 is 2.70 bits per heavy atom. The highest BCUT2D eigenvalue weighted by atomic mass is 16.5. The van der Waals surface area contributed by atoms with Gasteiger partial charge in [0.15, 0.2) is 0 Å². The Balaban J connectivity index is 1.26. The van der Waals surface area contributed by atoms with Crippen molar-refractivity contribution in [1.82, 2.24) is 19.9 Å². The van der Waals surface area contributed by atoms with Gasteiger partial charge in [-0.05, 0) is 31.2 Å². The molecule has 1 aliphatic carbocycles. The van der Waals surface area contributed by atoms with Crippen molar-refractivity contribution in [3.63, 3.8) is 0 Å². The molecule has 5 rings (SSSR count). The summed E-state index contributed by atoms with van der Waals surface area (Å²) in [5, 5.41) is 0. The number of rotatable bonds is 5. The van der Waals surface area contributed by atoms with Gasteiger partial charge in [0.25, 0.3) is 5.56 Å². The molecule has 3 aromatic rings. The van der Waals surface area contributed by atoms with Crippen molar-refractivity contribution in [2.45, 2.75) is 51.3 Å². The van der Waals surface area contributed by atoms with Crippen LogP contribution < -0.4 is 10.3 Å². The smallest absolute Gasteiger partial charge is 0.255 e. The van der Waals surface area contributed by atoms with Crippen LogP contribution in [-0.4, -0.2) is 32.5 Å². The SMILES string of the molecule is O=c1[nH]c(-c2ccccc2)nc2c1CN(Cc1ccc(OC3CCCC3)nc1)CC2. The molecule has 0 amide bonds. The fourth-order valence-electron chi connectivity index (χ4n) is 4.36. The Kier molecular flexibility index (Phi) is 5.32. The zero-order valence-electron chi connectivity index (χ0n) is 17.0. The van der Waals surface area contributed by atoms with Gasteiger partial charge in [0, 0.05) is 43.9 Å². The first kappa shape index (κ1) is 19.0. The molecule has 30 heavy (non-hydrogen) atoms. The number of hydrogen-bond acceptors (Lipinski definition) is 5. The van der Waals surface area contributed by atoms with Crippen LogP contribution in [0.15, 0.2) is 53.5 Å². The lowest BCUT2D eigenvalue weighted by Gasteiger charge is -2.27. The molecule has 154 valence electrons. The summed E-state index contributed by atoms with van der Waals surface area (Å²) < 4.78 is 5.95. The number of H-pyrrole nitrogens is 1. The molecule has 6 heteroatoms. The van der Waals surface area contributed by atoms with Crippen LogP contribution >= 0.6 is 0 Å². The Hall–Kier alpha value is -2.99. The van der Waals surface area contributed by atoms with E-state index < -0.39 is 0 Å². The van der Waals surface area contributed by atoms with E-state index in [0.29, 0.717) is 24.4 Å². The summed E-state index contributed by atoms with van der Waals surface area (Å²) >= 11 is 0. The molecule has 2 aromatic heterocycles. The largest absolute Gasteiger partial charge is 0.474 e. The topological polar surface area (TPSA) is 71.1 Å². The zero-order valence-corrected chi connectivity index (χ0v) is 17.0. The van der Waals surface area contributed by atoms with Gasteiger partial charge < -0.3 is 9.72 Å². The Morgan fingerprint density at radius 1 is 1.10 bits per heavy atom. The van der Waals surface area contributed by atoms with Gasteiger partial charge in [-0.1, -0.05) is 36.4 Å². The Bertz CT molecular complexity index is 1060. The maximum Gasteiger partial charge on any atom is 0.255 e. The first-order valence-electron chi connectivity index (χ1n) is 10.8. The summed E-state index contributed by atoms with van der Waals surface area (Å²) in [7, 11) is 0. The number of nitrogens with zero attached hydrogens (tertiary/aromatic N) is 3. The highest BCUT2D eigenvalue weighted by molar-refractivity contribution is 5.54. The summed E-state index contributed by atoms with van der Waals surface area (Å²) in [6.07, 6.45) is 7.74. The van der Waals surface area contributed by atoms with E-state index in [1.54, 1.807) is 0 Å². The van der Waals surface area contributed by atoms with Crippen LogP contribution in [0.1, 0.15) is 42.5 Å². The van der Waals surface area contributed by atoms with Gasteiger partial charge in [0.2, 0.25) is 5.88 Å². The number of aromatic amines is 1. The van der Waals surface area contributed by atoms with Crippen LogP contribution in [0, 0.1) is 0 Å². The summed E-state index contributed by atoms with van der Waals surface area (Å²) in [5.41, 5.74) is 3.71. The number of ether oxygens (including phenoxy) is 1. The van der Waals surface area contributed by atoms with E-state index in [-0.39, 0.29) is 5.56 Å². The van der Waals surface area contributed by atoms with E-state index >= 15 is 0 Å². The molecule has 2 aliphatic rings. The van der Waals surface area contributed by atoms with Crippen molar-refractivity contribution in [3.8, 4) is 17.3 Å². The number of fused-ring (bicyclic) bond motifs is 1. The van der Waals surface area contributed by atoms with Crippen LogP contribution in [0.5, 0.6) is 5.88 Å². The second-order valence-corrected chi connectivity index (χ2v) is 8.20. The summed E-state index contributed by atoms with van der Waals surface area (Å²) in [6.45, 7) is 2.24. The van der Waals surface area contributed by atoms with E-state index in [1.165, 1.54) is 12.8 Å². The lowest BCUT2D eigenvalue weighted by molar-refractivity contribution is 0.201. The highest BCUT2D eigenvalue weighted by Gasteiger charge is 2.22. The first-order valence-corrected chi connectivity index (χ1v) is 10.8. The summed E-state index contributed by atoms with van der Waals surface area (Å²) in [6, 6.07) is 13.8. The third kappa shape index (κ3) is 4.14. The molecular formula is C24H26N4O2. The molecule has 0 bridgehead atoms. The molecule has 0 radical (unpaired) electrons. The van der Waals surface area contributed by atoms with Crippen molar-refractivity contribution in [2.24, 2.45) is 0 Å². The minimum atomic E-state index is -0.0398. The van der Waals surface area contributed by atoms with Crippen molar-refractivity contribution in [3.05, 3.63) is 75.8 Å². The van der Waals surface area contributed by atoms with Gasteiger partial charge in [0.05, 0.1) is 11.3 Å². The van der Waals surface area contributed by atoms with E-state index in [4.69, 9.17) is 9.72 Å². The molecule has 1 saturated carbocycles. The molecule has 1 aliphatic heterocycles. The second kappa shape index (κ2) is 8.40. The van der Waals surface area contributed by atoms with Crippen molar-refractivity contribution < 1.29 is 4.74 Å². The van der Waals surface area contributed by atoms with Crippen LogP contribution in [-0.2, 0) is 19.5 Å². The fourth-order valence-corrected chi connectivity index (χ4v) is 4.36. The predicted octanol–water partition coefficient (Wildman–Crippen LogP) is 3.71. The molecular weight excluding hydrogens is 376 g/mol. The highest BCUT2D eigenvalue weighted by Crippen LogP contribution is 2.24. The summed E-state index contributed by atoms with van der Waals surface area (Å²) in [4.78, 5) is 27.2. The van der Waals surface area contributed by atoms with Gasteiger partial charge in [-0.2, -0.15) is 0 Å². The third-order valence-electron chi connectivity index (χ3n) is 5.99. The average Bonchev–Trinajstić information content (AvgIpc) is 3.29. The van der Waals surface area contributed by atoms with Crippen LogP contribution in [0.4, 0.5) is 0 Å². The number of benzene rings is 1. The predicted molar refractivity (Wildman–Crippen MR) is 115 cm³/mol. The molecule has 1 fully saturated rings. The maximum atomic E-state index is 12.7. The van der Waals surface area contributed by atoms with E-state index in [0.717, 1.165) is 54.7 Å². The van der Waals surface area contributed by atoms with E-state index in [1.807, 2.05) is 42.6 Å². The van der Waals surface area contributed by atoms with Gasteiger partial charge in [-0.3, -0.25) is 9.69 Å². The second-order valence-electron chi connectivity index (χ2n) is 8.20. The molecule has 1 aromatic carbocycles. The minimum absolute atomic E-state index is 0.0398. The third-order valence-corrected chi connectivity index (χ3v) is 5.99. The number of hydrogen-bond donors (Lipinski definition) is 1. The average molecular weight is 402 g/mol. The standard InChI is InChI=1S/C24H26N4O2/c29-24-20-16-28(13-12-21(20)26-23(27-24)18-6-2-1-3-7-18)15-17-10-11-22(25-14-17)30-19-8-4-5-9-19/h1-3,6-7,10-11,14,19H,4-5,8-9,12-13,15-16H2,(H,26,27,29). The maximum absolute atomic E-state index is 12.7. The lowest BCUT2D eigenvalue weighted by atomic mass is 10.1. The van der Waals surface area contributed by atoms with Gasteiger partial charge in [0.1, 0.15) is 11.9 Å². The number of pyridine rings is 1. The molecule has 6 nitrogen and oxygen atoms in total. The Morgan fingerprint density at radius 2 is 1.93 bits per heavy atom. The van der Waals surface area contributed by atoms with Crippen molar-refractivity contribution in [2.75, 3.05) is 6.54 Å². The molecule has 0 saturated heterocycles. The van der Waals surface area contributed by atoms with Crippen LogP contribution in [0.25, 0.3) is 11.4 Å². The lowest BCUT2D eigenvalue weighted by Crippen LogP contribution is -2.35. The first-order chi connectivity index (χ1) is 14.7. The monoisotopic (exact) mass is 402 g/mol. The Labute approximate surface area is 176 Å². The van der Waals surface area contributed by atoms with Crippen LogP contribution in [0.3, 0.4) is 0 Å². The molecule has 1 N–H and O–H groups in total. The molecule has 0 atom stereocenters. The van der Waals surface area contributed by atoms with E-state index in [9.17, 15) is 4.79 Å². The molecule has 0 unspecified atom stereocenters. The quantitative estimate of drug-likeness (QED) is 0.704. The minimum Gasteiger partial charge on any atom is -0.474 e. The normalized spacial score (nSPS) is 17.1. The summed E-state index contributed by atoms with van der Waals surface area (Å²) in [5.74, 6) is 1.36.